The highest BCUT2D eigenvalue weighted by molar-refractivity contribution is 5.94. The van der Waals surface area contributed by atoms with Crippen molar-refractivity contribution in [3.63, 3.8) is 0 Å². The van der Waals surface area contributed by atoms with Crippen LogP contribution in [-0.4, -0.2) is 52.4 Å². The van der Waals surface area contributed by atoms with Crippen molar-refractivity contribution in [3.05, 3.63) is 41.6 Å². The second-order valence-corrected chi connectivity index (χ2v) is 8.91. The molecule has 3 heterocycles. The fourth-order valence-electron chi connectivity index (χ4n) is 4.81. The van der Waals surface area contributed by atoms with Gasteiger partial charge in [0.15, 0.2) is 17.1 Å². The molecule has 3 N–H and O–H groups in total. The molecular formula is C25H29N3O5. The first-order valence-corrected chi connectivity index (χ1v) is 11.7. The minimum atomic E-state index is -0.147. The van der Waals surface area contributed by atoms with Crippen LogP contribution in [0.15, 0.2) is 34.9 Å². The average Bonchev–Trinajstić information content (AvgIpc) is 3.26. The molecule has 0 atom stereocenters. The summed E-state index contributed by atoms with van der Waals surface area (Å²) < 4.78 is 11.3. The summed E-state index contributed by atoms with van der Waals surface area (Å²) in [5, 5.41) is 27.7. The Hall–Kier alpha value is -3.26. The van der Waals surface area contributed by atoms with Crippen molar-refractivity contribution >= 4 is 22.6 Å². The summed E-state index contributed by atoms with van der Waals surface area (Å²) in [6, 6.07) is 8.99. The summed E-state index contributed by atoms with van der Waals surface area (Å²) in [7, 11) is 0. The summed E-state index contributed by atoms with van der Waals surface area (Å²) in [5.74, 6) is 0.781. The van der Waals surface area contributed by atoms with Gasteiger partial charge in [-0.05, 0) is 75.5 Å². The van der Waals surface area contributed by atoms with E-state index in [4.69, 9.17) is 9.26 Å². The van der Waals surface area contributed by atoms with Crippen molar-refractivity contribution < 1.29 is 24.3 Å². The van der Waals surface area contributed by atoms with Crippen molar-refractivity contribution in [1.82, 2.24) is 10.1 Å². The monoisotopic (exact) mass is 451 g/mol. The van der Waals surface area contributed by atoms with Gasteiger partial charge >= 0.3 is 0 Å². The van der Waals surface area contributed by atoms with E-state index in [2.05, 4.69) is 15.4 Å². The van der Waals surface area contributed by atoms with Gasteiger partial charge in [0.2, 0.25) is 5.91 Å². The third-order valence-corrected chi connectivity index (χ3v) is 6.71. The number of aromatic nitrogens is 1. The minimum absolute atomic E-state index is 0.0649. The smallest absolute Gasteiger partial charge is 0.224 e. The number of phenolic OH excluding ortho intramolecular Hbond substituents is 2. The normalized spacial score (nSPS) is 17.2. The zero-order valence-corrected chi connectivity index (χ0v) is 18.5. The van der Waals surface area contributed by atoms with Gasteiger partial charge in [-0.25, -0.2) is 0 Å². The van der Waals surface area contributed by atoms with Gasteiger partial charge in [-0.2, -0.15) is 0 Å². The number of amides is 1. The van der Waals surface area contributed by atoms with E-state index >= 15 is 0 Å². The SMILES string of the molecule is O=C1CCc2ccc(OCCCCN3CCC(c4noc5ccc(O)c(O)c45)CC3)cc2N1. The van der Waals surface area contributed by atoms with E-state index in [9.17, 15) is 15.0 Å². The fraction of sp³-hybridized carbons (Fsp3) is 0.440. The molecule has 1 fully saturated rings. The molecule has 0 bridgehead atoms. The molecular weight excluding hydrogens is 422 g/mol. The Morgan fingerprint density at radius 3 is 2.82 bits per heavy atom. The molecule has 33 heavy (non-hydrogen) atoms. The van der Waals surface area contributed by atoms with Crippen LogP contribution in [0.2, 0.25) is 0 Å². The van der Waals surface area contributed by atoms with Gasteiger partial charge in [-0.15, -0.1) is 0 Å². The Kier molecular flexibility index (Phi) is 6.09. The lowest BCUT2D eigenvalue weighted by Gasteiger charge is -2.31. The molecule has 2 aliphatic heterocycles. The van der Waals surface area contributed by atoms with Gasteiger partial charge in [-0.3, -0.25) is 4.79 Å². The van der Waals surface area contributed by atoms with E-state index in [1.54, 1.807) is 6.07 Å². The van der Waals surface area contributed by atoms with Crippen LogP contribution in [0.4, 0.5) is 5.69 Å². The number of rotatable bonds is 7. The zero-order chi connectivity index (χ0) is 22.8. The maximum Gasteiger partial charge on any atom is 0.224 e. The van der Waals surface area contributed by atoms with Crippen LogP contribution in [0.25, 0.3) is 11.0 Å². The molecule has 2 aromatic carbocycles. The molecule has 1 saturated heterocycles. The topological polar surface area (TPSA) is 108 Å². The lowest BCUT2D eigenvalue weighted by molar-refractivity contribution is -0.116. The highest BCUT2D eigenvalue weighted by atomic mass is 16.5. The second-order valence-electron chi connectivity index (χ2n) is 8.91. The van der Waals surface area contributed by atoms with E-state index in [1.807, 2.05) is 18.2 Å². The van der Waals surface area contributed by atoms with E-state index in [-0.39, 0.29) is 23.3 Å². The number of hydrogen-bond donors (Lipinski definition) is 3. The second kappa shape index (κ2) is 9.31. The lowest BCUT2D eigenvalue weighted by atomic mass is 9.91. The number of piperidine rings is 1. The molecule has 8 heteroatoms. The number of carbonyl (C=O) groups excluding carboxylic acids is 1. The largest absolute Gasteiger partial charge is 0.504 e. The van der Waals surface area contributed by atoms with Crippen LogP contribution in [0, 0.1) is 0 Å². The highest BCUT2D eigenvalue weighted by Gasteiger charge is 2.27. The molecule has 8 nitrogen and oxygen atoms in total. The first-order valence-electron chi connectivity index (χ1n) is 11.7. The zero-order valence-electron chi connectivity index (χ0n) is 18.5. The predicted octanol–water partition coefficient (Wildman–Crippen LogP) is 4.16. The number of benzene rings is 2. The number of fused-ring (bicyclic) bond motifs is 2. The number of phenols is 2. The van der Waals surface area contributed by atoms with Crippen LogP contribution in [-0.2, 0) is 11.2 Å². The summed E-state index contributed by atoms with van der Waals surface area (Å²) in [6.45, 7) is 3.59. The Balaban J connectivity index is 1.06. The van der Waals surface area contributed by atoms with Crippen molar-refractivity contribution in [2.75, 3.05) is 31.6 Å². The number of likely N-dealkylation sites (tertiary alicyclic amines) is 1. The standard InChI is InChI=1S/C25H29N3O5/c29-20-6-7-21-23(25(20)31)24(27-33-21)17-9-12-28(13-10-17)11-1-2-14-32-18-5-3-16-4-8-22(30)26-19(16)15-18/h3,5-7,15,17,29,31H,1-2,4,8-14H2,(H,26,30). The van der Waals surface area contributed by atoms with Gasteiger partial charge in [0.05, 0.1) is 17.7 Å². The Morgan fingerprint density at radius 1 is 1.12 bits per heavy atom. The summed E-state index contributed by atoms with van der Waals surface area (Å²) in [4.78, 5) is 14.0. The van der Waals surface area contributed by atoms with Crippen LogP contribution in [0.3, 0.4) is 0 Å². The predicted molar refractivity (Wildman–Crippen MR) is 124 cm³/mol. The average molecular weight is 452 g/mol. The first kappa shape index (κ1) is 21.6. The number of hydrogen-bond acceptors (Lipinski definition) is 7. The van der Waals surface area contributed by atoms with Crippen molar-refractivity contribution in [1.29, 1.82) is 0 Å². The number of nitrogens with zero attached hydrogens (tertiary/aromatic N) is 2. The number of aromatic hydroxyl groups is 2. The quantitative estimate of drug-likeness (QED) is 0.366. The first-order chi connectivity index (χ1) is 16.1. The van der Waals surface area contributed by atoms with E-state index in [0.717, 1.165) is 74.4 Å². The number of carbonyl (C=O) groups is 1. The molecule has 174 valence electrons. The molecule has 3 aromatic rings. The summed E-state index contributed by atoms with van der Waals surface area (Å²) in [6.07, 6.45) is 5.22. The maximum atomic E-state index is 11.6. The van der Waals surface area contributed by atoms with Crippen LogP contribution in [0.1, 0.15) is 49.3 Å². The molecule has 2 aliphatic rings. The maximum absolute atomic E-state index is 11.6. The molecule has 0 spiro atoms. The molecule has 0 saturated carbocycles. The third-order valence-electron chi connectivity index (χ3n) is 6.71. The lowest BCUT2D eigenvalue weighted by Crippen LogP contribution is -2.34. The Bertz CT molecular complexity index is 1150. The van der Waals surface area contributed by atoms with Crippen molar-refractivity contribution in [3.8, 4) is 17.2 Å². The molecule has 0 aliphatic carbocycles. The Labute approximate surface area is 192 Å². The molecule has 0 unspecified atom stereocenters. The van der Waals surface area contributed by atoms with Gasteiger partial charge in [0, 0.05) is 24.1 Å². The van der Waals surface area contributed by atoms with Crippen molar-refractivity contribution in [2.45, 2.75) is 44.4 Å². The van der Waals surface area contributed by atoms with Gasteiger partial charge in [0.25, 0.3) is 0 Å². The van der Waals surface area contributed by atoms with E-state index in [0.29, 0.717) is 24.0 Å². The number of nitrogens with one attached hydrogen (secondary N) is 1. The minimum Gasteiger partial charge on any atom is -0.504 e. The molecule has 0 radical (unpaired) electrons. The van der Waals surface area contributed by atoms with Gasteiger partial charge in [-0.1, -0.05) is 11.2 Å². The summed E-state index contributed by atoms with van der Waals surface area (Å²) >= 11 is 0. The molecule has 1 amide bonds. The van der Waals surface area contributed by atoms with Crippen LogP contribution >= 0.6 is 0 Å². The number of aryl methyl sites for hydroxylation is 1. The van der Waals surface area contributed by atoms with Gasteiger partial charge in [0.1, 0.15) is 5.75 Å². The number of unbranched alkanes of at least 4 members (excludes halogenated alkanes) is 1. The third kappa shape index (κ3) is 4.61. The Morgan fingerprint density at radius 2 is 1.97 bits per heavy atom. The molecule has 5 rings (SSSR count). The number of ether oxygens (including phenoxy) is 1. The number of anilines is 1. The van der Waals surface area contributed by atoms with Gasteiger partial charge < -0.3 is 29.7 Å². The van der Waals surface area contributed by atoms with Crippen LogP contribution in [0.5, 0.6) is 17.2 Å². The van der Waals surface area contributed by atoms with E-state index in [1.165, 1.54) is 6.07 Å². The van der Waals surface area contributed by atoms with Crippen molar-refractivity contribution in [2.24, 2.45) is 0 Å². The van der Waals surface area contributed by atoms with E-state index < -0.39 is 0 Å². The fourth-order valence-corrected chi connectivity index (χ4v) is 4.81. The summed E-state index contributed by atoms with van der Waals surface area (Å²) in [5.41, 5.74) is 3.28. The van der Waals surface area contributed by atoms with Crippen LogP contribution < -0.4 is 10.1 Å². The molecule has 1 aromatic heterocycles. The highest BCUT2D eigenvalue weighted by Crippen LogP contribution is 2.40.